The van der Waals surface area contributed by atoms with Gasteiger partial charge < -0.3 is 24.8 Å². The molecule has 1 rings (SSSR count). The van der Waals surface area contributed by atoms with Crippen LogP contribution in [0.5, 0.6) is 0 Å². The molecule has 118 valence electrons. The standard InChI is InChI=1S/C14H28N2O4/c1-13(2,3)20-12(17)16-8-5-14(18,6-9-16)11-15-7-10-19-4/h15,18H,5-11H2,1-4H3. The number of hydrogen-bond donors (Lipinski definition) is 2. The second-order valence-corrected chi connectivity index (χ2v) is 6.36. The molecule has 0 atom stereocenters. The van der Waals surface area contributed by atoms with Crippen LogP contribution in [0.2, 0.25) is 0 Å². The van der Waals surface area contributed by atoms with E-state index in [4.69, 9.17) is 9.47 Å². The Kier molecular flexibility index (Phi) is 6.23. The van der Waals surface area contributed by atoms with Gasteiger partial charge in [0.1, 0.15) is 5.60 Å². The summed E-state index contributed by atoms with van der Waals surface area (Å²) in [6.45, 7) is 8.47. The van der Waals surface area contributed by atoms with Gasteiger partial charge in [-0.05, 0) is 33.6 Å². The summed E-state index contributed by atoms with van der Waals surface area (Å²) in [5.41, 5.74) is -1.22. The van der Waals surface area contributed by atoms with E-state index in [2.05, 4.69) is 5.32 Å². The molecule has 1 aliphatic rings. The Hall–Kier alpha value is -0.850. The van der Waals surface area contributed by atoms with Crippen LogP contribution in [0.4, 0.5) is 4.79 Å². The highest BCUT2D eigenvalue weighted by Crippen LogP contribution is 2.23. The second kappa shape index (κ2) is 7.24. The van der Waals surface area contributed by atoms with E-state index >= 15 is 0 Å². The first-order chi connectivity index (χ1) is 9.26. The van der Waals surface area contributed by atoms with Gasteiger partial charge in [-0.3, -0.25) is 0 Å². The molecule has 1 saturated heterocycles. The molecule has 0 aromatic carbocycles. The molecule has 1 heterocycles. The number of rotatable bonds is 5. The molecular weight excluding hydrogens is 260 g/mol. The largest absolute Gasteiger partial charge is 0.444 e. The molecular formula is C14H28N2O4. The van der Waals surface area contributed by atoms with Gasteiger partial charge in [-0.25, -0.2) is 4.79 Å². The quantitative estimate of drug-likeness (QED) is 0.738. The summed E-state index contributed by atoms with van der Waals surface area (Å²) in [7, 11) is 1.65. The van der Waals surface area contributed by atoms with Crippen LogP contribution >= 0.6 is 0 Å². The van der Waals surface area contributed by atoms with E-state index in [1.807, 2.05) is 20.8 Å². The molecule has 0 spiro atoms. The third-order valence-electron chi connectivity index (χ3n) is 3.28. The molecule has 1 fully saturated rings. The Morgan fingerprint density at radius 2 is 1.95 bits per heavy atom. The Morgan fingerprint density at radius 1 is 1.35 bits per heavy atom. The van der Waals surface area contributed by atoms with Crippen molar-refractivity contribution in [1.29, 1.82) is 0 Å². The van der Waals surface area contributed by atoms with Crippen LogP contribution in [0.1, 0.15) is 33.6 Å². The zero-order valence-corrected chi connectivity index (χ0v) is 13.1. The van der Waals surface area contributed by atoms with E-state index in [0.29, 0.717) is 45.6 Å². The summed E-state index contributed by atoms with van der Waals surface area (Å²) in [6, 6.07) is 0. The van der Waals surface area contributed by atoms with E-state index in [1.165, 1.54) is 0 Å². The van der Waals surface area contributed by atoms with Crippen LogP contribution in [-0.4, -0.2) is 67.2 Å². The van der Waals surface area contributed by atoms with Crippen LogP contribution in [0.15, 0.2) is 0 Å². The highest BCUT2D eigenvalue weighted by molar-refractivity contribution is 5.68. The van der Waals surface area contributed by atoms with E-state index in [9.17, 15) is 9.90 Å². The van der Waals surface area contributed by atoms with Crippen molar-refractivity contribution in [3.8, 4) is 0 Å². The number of aliphatic hydroxyl groups is 1. The van der Waals surface area contributed by atoms with Crippen molar-refractivity contribution in [1.82, 2.24) is 10.2 Å². The van der Waals surface area contributed by atoms with Crippen molar-refractivity contribution in [3.63, 3.8) is 0 Å². The Bertz CT molecular complexity index is 307. The van der Waals surface area contributed by atoms with E-state index in [-0.39, 0.29) is 6.09 Å². The lowest BCUT2D eigenvalue weighted by molar-refractivity contribution is -0.0313. The SMILES string of the molecule is COCCNCC1(O)CCN(C(=O)OC(C)(C)C)CC1. The first-order valence-electron chi connectivity index (χ1n) is 7.16. The fourth-order valence-corrected chi connectivity index (χ4v) is 2.10. The number of hydrogen-bond acceptors (Lipinski definition) is 5. The summed E-state index contributed by atoms with van der Waals surface area (Å²) in [5, 5.41) is 13.6. The molecule has 0 saturated carbocycles. The van der Waals surface area contributed by atoms with Crippen molar-refractivity contribution in [2.45, 2.75) is 44.8 Å². The Balaban J connectivity index is 2.33. The third kappa shape index (κ3) is 6.07. The molecule has 0 aromatic heterocycles. The maximum absolute atomic E-state index is 11.9. The molecule has 6 nitrogen and oxygen atoms in total. The monoisotopic (exact) mass is 288 g/mol. The fourth-order valence-electron chi connectivity index (χ4n) is 2.10. The predicted molar refractivity (Wildman–Crippen MR) is 76.7 cm³/mol. The predicted octanol–water partition coefficient (Wildman–Crippen LogP) is 0.984. The number of amides is 1. The van der Waals surface area contributed by atoms with Gasteiger partial charge >= 0.3 is 6.09 Å². The highest BCUT2D eigenvalue weighted by atomic mass is 16.6. The second-order valence-electron chi connectivity index (χ2n) is 6.36. The van der Waals surface area contributed by atoms with Gasteiger partial charge in [-0.2, -0.15) is 0 Å². The third-order valence-corrected chi connectivity index (χ3v) is 3.28. The smallest absolute Gasteiger partial charge is 0.410 e. The number of carbonyl (C=O) groups is 1. The lowest BCUT2D eigenvalue weighted by atomic mass is 9.91. The molecule has 20 heavy (non-hydrogen) atoms. The minimum atomic E-state index is -0.744. The van der Waals surface area contributed by atoms with Crippen LogP contribution in [0.25, 0.3) is 0 Å². The van der Waals surface area contributed by atoms with E-state index in [0.717, 1.165) is 0 Å². The van der Waals surface area contributed by atoms with Crippen LogP contribution in [0, 0.1) is 0 Å². The Labute approximate surface area is 121 Å². The number of carbonyl (C=O) groups excluding carboxylic acids is 1. The minimum absolute atomic E-state index is 0.299. The molecule has 0 bridgehead atoms. The van der Waals surface area contributed by atoms with Crippen molar-refractivity contribution in [2.75, 3.05) is 39.9 Å². The molecule has 0 aliphatic carbocycles. The topological polar surface area (TPSA) is 71.0 Å². The molecule has 6 heteroatoms. The first-order valence-corrected chi connectivity index (χ1v) is 7.16. The van der Waals surface area contributed by atoms with Crippen LogP contribution in [0.3, 0.4) is 0 Å². The highest BCUT2D eigenvalue weighted by Gasteiger charge is 2.34. The summed E-state index contributed by atoms with van der Waals surface area (Å²) in [5.74, 6) is 0. The van der Waals surface area contributed by atoms with Gasteiger partial charge in [0.2, 0.25) is 0 Å². The maximum atomic E-state index is 11.9. The molecule has 0 aromatic rings. The van der Waals surface area contributed by atoms with Crippen molar-refractivity contribution < 1.29 is 19.4 Å². The normalized spacial score (nSPS) is 18.9. The Morgan fingerprint density at radius 3 is 2.45 bits per heavy atom. The van der Waals surface area contributed by atoms with Crippen LogP contribution < -0.4 is 5.32 Å². The average Bonchev–Trinajstić information content (AvgIpc) is 2.33. The number of nitrogens with zero attached hydrogens (tertiary/aromatic N) is 1. The van der Waals surface area contributed by atoms with Crippen molar-refractivity contribution >= 4 is 6.09 Å². The van der Waals surface area contributed by atoms with Crippen molar-refractivity contribution in [3.05, 3.63) is 0 Å². The molecule has 1 amide bonds. The number of methoxy groups -OCH3 is 1. The molecule has 0 radical (unpaired) electrons. The zero-order chi connectivity index (χ0) is 15.2. The lowest BCUT2D eigenvalue weighted by Gasteiger charge is -2.38. The van der Waals surface area contributed by atoms with Gasteiger partial charge in [0.15, 0.2) is 0 Å². The summed E-state index contributed by atoms with van der Waals surface area (Å²) in [6.07, 6.45) is 0.824. The summed E-state index contributed by atoms with van der Waals surface area (Å²) < 4.78 is 10.3. The van der Waals surface area contributed by atoms with Crippen molar-refractivity contribution in [2.24, 2.45) is 0 Å². The summed E-state index contributed by atoms with van der Waals surface area (Å²) in [4.78, 5) is 13.6. The number of likely N-dealkylation sites (tertiary alicyclic amines) is 1. The summed E-state index contributed by atoms with van der Waals surface area (Å²) >= 11 is 0. The van der Waals surface area contributed by atoms with Gasteiger partial charge in [0, 0.05) is 33.3 Å². The molecule has 0 unspecified atom stereocenters. The molecule has 1 aliphatic heterocycles. The van der Waals surface area contributed by atoms with Gasteiger partial charge in [0.05, 0.1) is 12.2 Å². The van der Waals surface area contributed by atoms with Gasteiger partial charge in [-0.1, -0.05) is 0 Å². The van der Waals surface area contributed by atoms with Gasteiger partial charge in [-0.15, -0.1) is 0 Å². The fraction of sp³-hybridized carbons (Fsp3) is 0.929. The first kappa shape index (κ1) is 17.2. The maximum Gasteiger partial charge on any atom is 0.410 e. The lowest BCUT2D eigenvalue weighted by Crippen LogP contribution is -2.52. The van der Waals surface area contributed by atoms with Gasteiger partial charge in [0.25, 0.3) is 0 Å². The minimum Gasteiger partial charge on any atom is -0.444 e. The van der Waals surface area contributed by atoms with E-state index in [1.54, 1.807) is 12.0 Å². The van der Waals surface area contributed by atoms with E-state index < -0.39 is 11.2 Å². The molecule has 2 N–H and O–H groups in total. The average molecular weight is 288 g/mol. The van der Waals surface area contributed by atoms with Crippen LogP contribution in [-0.2, 0) is 9.47 Å². The number of ether oxygens (including phenoxy) is 2. The zero-order valence-electron chi connectivity index (χ0n) is 13.1. The number of nitrogens with one attached hydrogen (secondary N) is 1. The number of piperidine rings is 1.